The molecule has 5 nitrogen and oxygen atoms in total. The molecular formula is C13H20N4O. The van der Waals surface area contributed by atoms with Gasteiger partial charge in [-0.15, -0.1) is 0 Å². The lowest BCUT2D eigenvalue weighted by Crippen LogP contribution is -2.40. The molecule has 0 saturated heterocycles. The van der Waals surface area contributed by atoms with E-state index in [1.54, 1.807) is 0 Å². The Morgan fingerprint density at radius 1 is 1.56 bits per heavy atom. The average molecular weight is 248 g/mol. The molecule has 0 fully saturated rings. The zero-order chi connectivity index (χ0) is 13.0. The summed E-state index contributed by atoms with van der Waals surface area (Å²) in [5, 5.41) is 13.2. The van der Waals surface area contributed by atoms with Crippen LogP contribution >= 0.6 is 0 Å². The van der Waals surface area contributed by atoms with E-state index in [0.717, 1.165) is 30.8 Å². The molecule has 0 radical (unpaired) electrons. The molecule has 0 saturated carbocycles. The number of carbonyl (C=O) groups is 1. The minimum absolute atomic E-state index is 0.0596. The highest BCUT2D eigenvalue weighted by Gasteiger charge is 2.16. The molecule has 2 heterocycles. The highest BCUT2D eigenvalue weighted by Crippen LogP contribution is 2.11. The van der Waals surface area contributed by atoms with Crippen molar-refractivity contribution in [1.82, 2.24) is 20.8 Å². The summed E-state index contributed by atoms with van der Waals surface area (Å²) in [4.78, 5) is 11.7. The first-order valence-electron chi connectivity index (χ1n) is 6.36. The summed E-state index contributed by atoms with van der Waals surface area (Å²) in [6.07, 6.45) is 5.76. The van der Waals surface area contributed by atoms with Crippen LogP contribution in [0.2, 0.25) is 0 Å². The van der Waals surface area contributed by atoms with Gasteiger partial charge in [-0.3, -0.25) is 15.2 Å². The zero-order valence-electron chi connectivity index (χ0n) is 10.9. The summed E-state index contributed by atoms with van der Waals surface area (Å²) in [5.41, 5.74) is 3.45. The molecule has 0 aliphatic carbocycles. The molecule has 3 N–H and O–H groups in total. The molecule has 0 bridgehead atoms. The molecule has 0 unspecified atom stereocenters. The van der Waals surface area contributed by atoms with Gasteiger partial charge in [-0.1, -0.05) is 12.2 Å². The molecule has 1 atom stereocenters. The number of nitrogens with one attached hydrogen (secondary N) is 3. The maximum atomic E-state index is 11.7. The SMILES string of the molecule is Cc1n[nH]c(C)c1CCCNC(=O)[C@H]1C=CCN1. The van der Waals surface area contributed by atoms with Gasteiger partial charge in [0.15, 0.2) is 0 Å². The highest BCUT2D eigenvalue weighted by molar-refractivity contribution is 5.84. The van der Waals surface area contributed by atoms with Gasteiger partial charge in [0, 0.05) is 18.8 Å². The summed E-state index contributed by atoms with van der Waals surface area (Å²) in [6.45, 7) is 5.52. The summed E-state index contributed by atoms with van der Waals surface area (Å²) in [5.74, 6) is 0.0596. The van der Waals surface area contributed by atoms with E-state index in [2.05, 4.69) is 20.8 Å². The fraction of sp³-hybridized carbons (Fsp3) is 0.538. The van der Waals surface area contributed by atoms with Crippen LogP contribution in [0, 0.1) is 13.8 Å². The lowest BCUT2D eigenvalue weighted by Gasteiger charge is -2.10. The van der Waals surface area contributed by atoms with Crippen molar-refractivity contribution in [2.75, 3.05) is 13.1 Å². The van der Waals surface area contributed by atoms with Gasteiger partial charge in [-0.2, -0.15) is 5.10 Å². The molecule has 0 spiro atoms. The standard InChI is InChI=1S/C13H20N4O/c1-9-11(10(2)17-16-9)5-3-8-15-13(18)12-6-4-7-14-12/h4,6,12,14H,3,5,7-8H2,1-2H3,(H,15,18)(H,16,17)/t12-/m1/s1. The van der Waals surface area contributed by atoms with Crippen LogP contribution in [-0.4, -0.2) is 35.2 Å². The molecule has 1 aromatic rings. The lowest BCUT2D eigenvalue weighted by molar-refractivity contribution is -0.121. The third-order valence-electron chi connectivity index (χ3n) is 3.25. The topological polar surface area (TPSA) is 69.8 Å². The predicted molar refractivity (Wildman–Crippen MR) is 70.3 cm³/mol. The number of rotatable bonds is 5. The average Bonchev–Trinajstić information content (AvgIpc) is 2.97. The van der Waals surface area contributed by atoms with Crippen molar-refractivity contribution in [1.29, 1.82) is 0 Å². The van der Waals surface area contributed by atoms with E-state index in [4.69, 9.17) is 0 Å². The third-order valence-corrected chi connectivity index (χ3v) is 3.25. The van der Waals surface area contributed by atoms with Crippen molar-refractivity contribution in [3.63, 3.8) is 0 Å². The largest absolute Gasteiger partial charge is 0.354 e. The van der Waals surface area contributed by atoms with E-state index in [1.165, 1.54) is 5.56 Å². The van der Waals surface area contributed by atoms with Gasteiger partial charge in [-0.05, 0) is 32.3 Å². The van der Waals surface area contributed by atoms with Crippen molar-refractivity contribution in [2.24, 2.45) is 0 Å². The smallest absolute Gasteiger partial charge is 0.241 e. The first-order chi connectivity index (χ1) is 8.68. The fourth-order valence-electron chi connectivity index (χ4n) is 2.18. The van der Waals surface area contributed by atoms with Gasteiger partial charge in [0.2, 0.25) is 5.91 Å². The van der Waals surface area contributed by atoms with Crippen molar-refractivity contribution in [2.45, 2.75) is 32.7 Å². The summed E-state index contributed by atoms with van der Waals surface area (Å²) >= 11 is 0. The van der Waals surface area contributed by atoms with Crippen LogP contribution in [0.1, 0.15) is 23.4 Å². The van der Waals surface area contributed by atoms with Crippen LogP contribution in [0.15, 0.2) is 12.2 Å². The van der Waals surface area contributed by atoms with E-state index >= 15 is 0 Å². The number of aryl methyl sites for hydroxylation is 2. The van der Waals surface area contributed by atoms with E-state index in [0.29, 0.717) is 6.54 Å². The Bertz CT molecular complexity index is 430. The van der Waals surface area contributed by atoms with Crippen molar-refractivity contribution < 1.29 is 4.79 Å². The summed E-state index contributed by atoms with van der Waals surface area (Å²) in [6, 6.07) is -0.151. The van der Waals surface area contributed by atoms with Crippen molar-refractivity contribution in [3.8, 4) is 0 Å². The Morgan fingerprint density at radius 2 is 2.39 bits per heavy atom. The Morgan fingerprint density at radius 3 is 3.00 bits per heavy atom. The Balaban J connectivity index is 1.70. The molecule has 1 amide bonds. The molecular weight excluding hydrogens is 228 g/mol. The van der Waals surface area contributed by atoms with E-state index in [-0.39, 0.29) is 11.9 Å². The van der Waals surface area contributed by atoms with E-state index in [1.807, 2.05) is 26.0 Å². The quantitative estimate of drug-likeness (QED) is 0.528. The number of carbonyl (C=O) groups excluding carboxylic acids is 1. The normalized spacial score (nSPS) is 18.2. The third kappa shape index (κ3) is 2.98. The molecule has 1 aliphatic rings. The second kappa shape index (κ2) is 5.82. The van der Waals surface area contributed by atoms with Gasteiger partial charge in [0.25, 0.3) is 0 Å². The molecule has 98 valence electrons. The van der Waals surface area contributed by atoms with Crippen LogP contribution in [0.4, 0.5) is 0 Å². The highest BCUT2D eigenvalue weighted by atomic mass is 16.2. The number of aromatic amines is 1. The van der Waals surface area contributed by atoms with Gasteiger partial charge >= 0.3 is 0 Å². The second-order valence-electron chi connectivity index (χ2n) is 4.62. The number of amides is 1. The van der Waals surface area contributed by atoms with Crippen molar-refractivity contribution in [3.05, 3.63) is 29.1 Å². The number of H-pyrrole nitrogens is 1. The monoisotopic (exact) mass is 248 g/mol. The Kier molecular flexibility index (Phi) is 4.15. The number of aromatic nitrogens is 2. The predicted octanol–water partition coefficient (Wildman–Crippen LogP) is 0.603. The van der Waals surface area contributed by atoms with E-state index in [9.17, 15) is 4.79 Å². The number of hydrogen-bond donors (Lipinski definition) is 3. The van der Waals surface area contributed by atoms with Gasteiger partial charge in [0.05, 0.1) is 5.69 Å². The molecule has 0 aromatic carbocycles. The molecule has 2 rings (SSSR count). The Labute approximate surface area is 107 Å². The first-order valence-corrected chi connectivity index (χ1v) is 6.36. The van der Waals surface area contributed by atoms with Crippen LogP contribution in [0.25, 0.3) is 0 Å². The molecule has 18 heavy (non-hydrogen) atoms. The van der Waals surface area contributed by atoms with Crippen LogP contribution in [0.5, 0.6) is 0 Å². The van der Waals surface area contributed by atoms with Gasteiger partial charge in [-0.25, -0.2) is 0 Å². The van der Waals surface area contributed by atoms with Crippen LogP contribution < -0.4 is 10.6 Å². The maximum absolute atomic E-state index is 11.7. The number of hydrogen-bond acceptors (Lipinski definition) is 3. The number of nitrogens with zero attached hydrogens (tertiary/aromatic N) is 1. The molecule has 5 heteroatoms. The molecule has 1 aromatic heterocycles. The summed E-state index contributed by atoms with van der Waals surface area (Å²) in [7, 11) is 0. The minimum Gasteiger partial charge on any atom is -0.354 e. The maximum Gasteiger partial charge on any atom is 0.241 e. The van der Waals surface area contributed by atoms with Crippen LogP contribution in [-0.2, 0) is 11.2 Å². The molecule has 1 aliphatic heterocycles. The zero-order valence-corrected chi connectivity index (χ0v) is 10.9. The second-order valence-corrected chi connectivity index (χ2v) is 4.62. The first kappa shape index (κ1) is 12.8. The van der Waals surface area contributed by atoms with E-state index < -0.39 is 0 Å². The fourth-order valence-corrected chi connectivity index (χ4v) is 2.18. The minimum atomic E-state index is -0.151. The van der Waals surface area contributed by atoms with Gasteiger partial charge < -0.3 is 5.32 Å². The van der Waals surface area contributed by atoms with Gasteiger partial charge in [0.1, 0.15) is 6.04 Å². The summed E-state index contributed by atoms with van der Waals surface area (Å²) < 4.78 is 0. The Hall–Kier alpha value is -1.62. The van der Waals surface area contributed by atoms with Crippen molar-refractivity contribution >= 4 is 5.91 Å². The lowest BCUT2D eigenvalue weighted by atomic mass is 10.1. The van der Waals surface area contributed by atoms with Crippen LogP contribution in [0.3, 0.4) is 0 Å².